The zero-order valence-corrected chi connectivity index (χ0v) is 14.4. The van der Waals surface area contributed by atoms with Crippen molar-refractivity contribution < 1.29 is 27.5 Å². The monoisotopic (exact) mass is 355 g/mol. The smallest absolute Gasteiger partial charge is 0.344 e. The number of esters is 2. The van der Waals surface area contributed by atoms with E-state index in [1.165, 1.54) is 23.5 Å². The van der Waals surface area contributed by atoms with Gasteiger partial charge in [0.15, 0.2) is 6.61 Å². The third kappa shape index (κ3) is 4.78. The quantitative estimate of drug-likeness (QED) is 0.711. The highest BCUT2D eigenvalue weighted by atomic mass is 32.2. The number of nitrogens with zero attached hydrogens (tertiary/aromatic N) is 1. The van der Waals surface area contributed by atoms with Crippen molar-refractivity contribution in [1.82, 2.24) is 4.31 Å². The summed E-state index contributed by atoms with van der Waals surface area (Å²) in [6.45, 7) is 0.657. The highest BCUT2D eigenvalue weighted by molar-refractivity contribution is 7.89. The maximum Gasteiger partial charge on any atom is 0.344 e. The summed E-state index contributed by atoms with van der Waals surface area (Å²) >= 11 is 0. The van der Waals surface area contributed by atoms with Crippen LogP contribution in [-0.2, 0) is 35.5 Å². The lowest BCUT2D eigenvalue weighted by Gasteiger charge is -2.25. The fraction of sp³-hybridized carbons (Fsp3) is 0.500. The summed E-state index contributed by atoms with van der Waals surface area (Å²) in [4.78, 5) is 22.7. The Morgan fingerprint density at radius 2 is 1.67 bits per heavy atom. The minimum atomic E-state index is -3.48. The number of hydrogen-bond donors (Lipinski definition) is 0. The molecule has 7 nitrogen and oxygen atoms in total. The van der Waals surface area contributed by atoms with Crippen LogP contribution in [0.1, 0.15) is 24.8 Å². The lowest BCUT2D eigenvalue weighted by molar-refractivity contribution is -0.156. The molecule has 2 rings (SSSR count). The van der Waals surface area contributed by atoms with Gasteiger partial charge in [-0.2, -0.15) is 4.31 Å². The predicted octanol–water partition coefficient (Wildman–Crippen LogP) is 1.12. The zero-order valence-electron chi connectivity index (χ0n) is 13.6. The van der Waals surface area contributed by atoms with Gasteiger partial charge in [-0.25, -0.2) is 13.2 Å². The van der Waals surface area contributed by atoms with Crippen LogP contribution in [0, 0.1) is 0 Å². The van der Waals surface area contributed by atoms with Crippen LogP contribution >= 0.6 is 0 Å². The Bertz CT molecular complexity index is 677. The minimum absolute atomic E-state index is 0.0406. The van der Waals surface area contributed by atoms with Crippen LogP contribution in [0.4, 0.5) is 0 Å². The van der Waals surface area contributed by atoms with Crippen LogP contribution in [0.15, 0.2) is 29.2 Å². The lowest BCUT2D eigenvalue weighted by Crippen LogP contribution is -2.35. The first-order valence-electron chi connectivity index (χ1n) is 7.75. The Labute approximate surface area is 141 Å². The van der Waals surface area contributed by atoms with Gasteiger partial charge in [0.25, 0.3) is 0 Å². The van der Waals surface area contributed by atoms with Gasteiger partial charge < -0.3 is 9.47 Å². The van der Waals surface area contributed by atoms with Gasteiger partial charge in [0, 0.05) is 13.1 Å². The molecule has 132 valence electrons. The number of methoxy groups -OCH3 is 1. The normalized spacial score (nSPS) is 15.7. The average Bonchev–Trinajstić information content (AvgIpc) is 2.61. The van der Waals surface area contributed by atoms with Crippen molar-refractivity contribution in [3.05, 3.63) is 29.8 Å². The molecule has 0 spiro atoms. The van der Waals surface area contributed by atoms with Crippen LogP contribution in [0.25, 0.3) is 0 Å². The summed E-state index contributed by atoms with van der Waals surface area (Å²) < 4.78 is 35.6. The molecule has 0 N–H and O–H groups in total. The second-order valence-electron chi connectivity index (χ2n) is 5.52. The van der Waals surface area contributed by atoms with Gasteiger partial charge in [0.2, 0.25) is 10.0 Å². The van der Waals surface area contributed by atoms with E-state index in [2.05, 4.69) is 4.74 Å². The first-order chi connectivity index (χ1) is 11.4. The Hall–Kier alpha value is -1.93. The number of ether oxygens (including phenoxy) is 2. The number of benzene rings is 1. The largest absolute Gasteiger partial charge is 0.466 e. The molecule has 1 aromatic carbocycles. The zero-order chi connectivity index (χ0) is 17.6. The van der Waals surface area contributed by atoms with Crippen molar-refractivity contribution in [3.63, 3.8) is 0 Å². The van der Waals surface area contributed by atoms with Crippen molar-refractivity contribution in [1.29, 1.82) is 0 Å². The van der Waals surface area contributed by atoms with Crippen LogP contribution in [0.5, 0.6) is 0 Å². The molecule has 1 aliphatic heterocycles. The third-order valence-electron chi connectivity index (χ3n) is 3.80. The summed E-state index contributed by atoms with van der Waals surface area (Å²) in [5.41, 5.74) is 0.613. The van der Waals surface area contributed by atoms with E-state index >= 15 is 0 Å². The molecule has 0 saturated carbocycles. The predicted molar refractivity (Wildman–Crippen MR) is 85.7 cm³/mol. The molecule has 1 aromatic rings. The molecular formula is C16H21NO6S. The number of sulfonamides is 1. The maximum absolute atomic E-state index is 12.5. The van der Waals surface area contributed by atoms with E-state index in [0.717, 1.165) is 19.3 Å². The van der Waals surface area contributed by atoms with Gasteiger partial charge in [-0.15, -0.1) is 0 Å². The molecule has 0 radical (unpaired) electrons. The molecule has 0 atom stereocenters. The number of hydrogen-bond acceptors (Lipinski definition) is 6. The summed E-state index contributed by atoms with van der Waals surface area (Å²) in [6.07, 6.45) is 2.77. The summed E-state index contributed by atoms with van der Waals surface area (Å²) in [7, 11) is -2.27. The summed E-state index contributed by atoms with van der Waals surface area (Å²) in [5, 5.41) is 0. The molecule has 0 unspecified atom stereocenters. The van der Waals surface area contributed by atoms with Gasteiger partial charge in [-0.05, 0) is 30.5 Å². The maximum atomic E-state index is 12.5. The third-order valence-corrected chi connectivity index (χ3v) is 5.72. The van der Waals surface area contributed by atoms with Crippen molar-refractivity contribution in [2.24, 2.45) is 0 Å². The standard InChI is InChI=1S/C16H21NO6S/c1-22-16(19)12-23-15(18)11-13-5-7-14(8-6-13)24(20,21)17-9-3-2-4-10-17/h5-8H,2-4,9-12H2,1H3. The van der Waals surface area contributed by atoms with E-state index < -0.39 is 28.6 Å². The van der Waals surface area contributed by atoms with E-state index in [4.69, 9.17) is 4.74 Å². The number of rotatable bonds is 6. The molecule has 0 bridgehead atoms. The highest BCUT2D eigenvalue weighted by Crippen LogP contribution is 2.21. The molecular weight excluding hydrogens is 334 g/mol. The molecule has 0 aromatic heterocycles. The minimum Gasteiger partial charge on any atom is -0.466 e. The molecule has 1 saturated heterocycles. The fourth-order valence-corrected chi connectivity index (χ4v) is 3.97. The second-order valence-corrected chi connectivity index (χ2v) is 7.46. The molecule has 24 heavy (non-hydrogen) atoms. The van der Waals surface area contributed by atoms with E-state index in [0.29, 0.717) is 18.7 Å². The molecule has 0 aliphatic carbocycles. The van der Waals surface area contributed by atoms with Gasteiger partial charge >= 0.3 is 11.9 Å². The van der Waals surface area contributed by atoms with E-state index in [1.807, 2.05) is 0 Å². The van der Waals surface area contributed by atoms with Crippen molar-refractivity contribution >= 4 is 22.0 Å². The van der Waals surface area contributed by atoms with E-state index in [9.17, 15) is 18.0 Å². The van der Waals surface area contributed by atoms with Gasteiger partial charge in [-0.3, -0.25) is 4.79 Å². The SMILES string of the molecule is COC(=O)COC(=O)Cc1ccc(S(=O)(=O)N2CCCCC2)cc1. The van der Waals surface area contributed by atoms with Crippen LogP contribution in [0.3, 0.4) is 0 Å². The van der Waals surface area contributed by atoms with Crippen molar-refractivity contribution in [2.45, 2.75) is 30.6 Å². The van der Waals surface area contributed by atoms with Gasteiger partial charge in [0.05, 0.1) is 18.4 Å². The Morgan fingerprint density at radius 1 is 1.04 bits per heavy atom. The first kappa shape index (κ1) is 18.4. The molecule has 1 aliphatic rings. The van der Waals surface area contributed by atoms with Gasteiger partial charge in [0.1, 0.15) is 0 Å². The number of piperidine rings is 1. The Kier molecular flexibility index (Phi) is 6.33. The van der Waals surface area contributed by atoms with Gasteiger partial charge in [-0.1, -0.05) is 18.6 Å². The average molecular weight is 355 g/mol. The molecule has 8 heteroatoms. The molecule has 1 fully saturated rings. The lowest BCUT2D eigenvalue weighted by atomic mass is 10.1. The second kappa shape index (κ2) is 8.25. The molecule has 1 heterocycles. The van der Waals surface area contributed by atoms with E-state index in [1.54, 1.807) is 12.1 Å². The summed E-state index contributed by atoms with van der Waals surface area (Å²) in [6, 6.07) is 6.15. The number of carbonyl (C=O) groups excluding carboxylic acids is 2. The van der Waals surface area contributed by atoms with Crippen LogP contribution in [-0.4, -0.2) is 51.5 Å². The Morgan fingerprint density at radius 3 is 2.25 bits per heavy atom. The summed E-state index contributed by atoms with van der Waals surface area (Å²) in [5.74, 6) is -1.21. The van der Waals surface area contributed by atoms with Crippen LogP contribution < -0.4 is 0 Å². The Balaban J connectivity index is 1.97. The molecule has 0 amide bonds. The highest BCUT2D eigenvalue weighted by Gasteiger charge is 2.25. The van der Waals surface area contributed by atoms with Crippen molar-refractivity contribution in [2.75, 3.05) is 26.8 Å². The first-order valence-corrected chi connectivity index (χ1v) is 9.19. The van der Waals surface area contributed by atoms with E-state index in [-0.39, 0.29) is 11.3 Å². The number of carbonyl (C=O) groups is 2. The van der Waals surface area contributed by atoms with Crippen molar-refractivity contribution in [3.8, 4) is 0 Å². The fourth-order valence-electron chi connectivity index (χ4n) is 2.45. The topological polar surface area (TPSA) is 90.0 Å². The van der Waals surface area contributed by atoms with Crippen LogP contribution in [0.2, 0.25) is 0 Å².